The summed E-state index contributed by atoms with van der Waals surface area (Å²) in [7, 11) is 1.89. The second kappa shape index (κ2) is 4.87. The molecule has 2 amide bonds. The summed E-state index contributed by atoms with van der Waals surface area (Å²) in [5.74, 6) is 0.704. The van der Waals surface area contributed by atoms with Crippen molar-refractivity contribution in [2.75, 3.05) is 12.4 Å². The van der Waals surface area contributed by atoms with E-state index in [2.05, 4.69) is 24.4 Å². The Morgan fingerprint density at radius 3 is 2.79 bits per heavy atom. The van der Waals surface area contributed by atoms with E-state index in [-0.39, 0.29) is 6.03 Å². The lowest BCUT2D eigenvalue weighted by atomic mass is 10.1. The van der Waals surface area contributed by atoms with Crippen LogP contribution >= 0.6 is 0 Å². The number of nitrogens with zero attached hydrogens (tertiary/aromatic N) is 1. The molecule has 3 heteroatoms. The molecule has 0 bridgehead atoms. The Labute approximate surface area is 115 Å². The van der Waals surface area contributed by atoms with Crippen LogP contribution in [0.3, 0.4) is 0 Å². The quantitative estimate of drug-likeness (QED) is 0.885. The van der Waals surface area contributed by atoms with E-state index in [0.29, 0.717) is 12.0 Å². The molecule has 3 rings (SSSR count). The Hall–Kier alpha value is -1.51. The average Bonchev–Trinajstić information content (AvgIpc) is 3.15. The molecule has 2 aliphatic carbocycles. The molecule has 1 N–H and O–H groups in total. The van der Waals surface area contributed by atoms with E-state index in [1.54, 1.807) is 0 Å². The van der Waals surface area contributed by atoms with Crippen LogP contribution in [0, 0.1) is 5.92 Å². The lowest BCUT2D eigenvalue weighted by Crippen LogP contribution is -2.39. The summed E-state index contributed by atoms with van der Waals surface area (Å²) in [6.45, 7) is 2.14. The number of fused-ring (bicyclic) bond motifs is 1. The van der Waals surface area contributed by atoms with Crippen molar-refractivity contribution in [1.82, 2.24) is 4.90 Å². The molecule has 0 saturated heterocycles. The van der Waals surface area contributed by atoms with Crippen molar-refractivity contribution in [1.29, 1.82) is 0 Å². The molecule has 3 nitrogen and oxygen atoms in total. The van der Waals surface area contributed by atoms with E-state index in [1.165, 1.54) is 36.8 Å². The smallest absolute Gasteiger partial charge is 0.321 e. The van der Waals surface area contributed by atoms with Gasteiger partial charge in [0.15, 0.2) is 0 Å². The molecule has 0 aromatic heterocycles. The fraction of sp³-hybridized carbons (Fsp3) is 0.562. The number of rotatable bonds is 3. The number of carbonyl (C=O) groups excluding carboxylic acids is 1. The zero-order valence-corrected chi connectivity index (χ0v) is 11.8. The predicted octanol–water partition coefficient (Wildman–Crippen LogP) is 3.44. The Bertz CT molecular complexity index is 494. The number of benzene rings is 1. The highest BCUT2D eigenvalue weighted by Gasteiger charge is 2.32. The summed E-state index contributed by atoms with van der Waals surface area (Å²) in [4.78, 5) is 14.0. The fourth-order valence-corrected chi connectivity index (χ4v) is 2.94. The van der Waals surface area contributed by atoms with Gasteiger partial charge in [0.25, 0.3) is 0 Å². The third-order valence-electron chi connectivity index (χ3n) is 4.59. The average molecular weight is 258 g/mol. The molecule has 0 radical (unpaired) electrons. The van der Waals surface area contributed by atoms with Crippen molar-refractivity contribution in [2.45, 2.75) is 45.1 Å². The maximum absolute atomic E-state index is 12.2. The lowest BCUT2D eigenvalue weighted by molar-refractivity contribution is 0.201. The molecule has 19 heavy (non-hydrogen) atoms. The number of anilines is 1. The number of urea groups is 1. The zero-order chi connectivity index (χ0) is 13.4. The van der Waals surface area contributed by atoms with Gasteiger partial charge in [0.2, 0.25) is 0 Å². The highest BCUT2D eigenvalue weighted by Crippen LogP contribution is 2.34. The van der Waals surface area contributed by atoms with Crippen molar-refractivity contribution in [3.8, 4) is 0 Å². The van der Waals surface area contributed by atoms with Crippen LogP contribution in [-0.2, 0) is 12.8 Å². The normalized spacial score (nSPS) is 18.8. The van der Waals surface area contributed by atoms with Crippen molar-refractivity contribution in [3.63, 3.8) is 0 Å². The number of nitrogens with one attached hydrogen (secondary N) is 1. The van der Waals surface area contributed by atoms with E-state index in [0.717, 1.165) is 12.1 Å². The summed E-state index contributed by atoms with van der Waals surface area (Å²) in [6, 6.07) is 6.67. The first kappa shape index (κ1) is 12.5. The third kappa shape index (κ3) is 2.60. The van der Waals surface area contributed by atoms with Crippen molar-refractivity contribution in [3.05, 3.63) is 29.3 Å². The molecule has 0 spiro atoms. The van der Waals surface area contributed by atoms with Crippen molar-refractivity contribution in [2.24, 2.45) is 5.92 Å². The number of amides is 2. The molecular weight excluding hydrogens is 236 g/mol. The highest BCUT2D eigenvalue weighted by atomic mass is 16.2. The number of aryl methyl sites for hydroxylation is 2. The third-order valence-corrected chi connectivity index (χ3v) is 4.59. The molecule has 1 fully saturated rings. The largest absolute Gasteiger partial charge is 0.325 e. The monoisotopic (exact) mass is 258 g/mol. The first-order valence-electron chi connectivity index (χ1n) is 7.31. The van der Waals surface area contributed by atoms with Gasteiger partial charge in [-0.3, -0.25) is 0 Å². The zero-order valence-electron chi connectivity index (χ0n) is 11.8. The van der Waals surface area contributed by atoms with Gasteiger partial charge < -0.3 is 10.2 Å². The Kier molecular flexibility index (Phi) is 3.21. The molecule has 1 atom stereocenters. The van der Waals surface area contributed by atoms with Gasteiger partial charge in [0.1, 0.15) is 0 Å². The fourth-order valence-electron chi connectivity index (χ4n) is 2.94. The van der Waals surface area contributed by atoms with Crippen LogP contribution < -0.4 is 5.32 Å². The molecule has 0 aliphatic heterocycles. The number of carbonyl (C=O) groups is 1. The van der Waals surface area contributed by atoms with Crippen LogP contribution in [-0.4, -0.2) is 24.0 Å². The topological polar surface area (TPSA) is 32.3 Å². The van der Waals surface area contributed by atoms with Crippen LogP contribution in [0.4, 0.5) is 10.5 Å². The summed E-state index contributed by atoms with van der Waals surface area (Å²) in [6.07, 6.45) is 6.09. The van der Waals surface area contributed by atoms with Gasteiger partial charge >= 0.3 is 6.03 Å². The summed E-state index contributed by atoms with van der Waals surface area (Å²) in [5.41, 5.74) is 3.77. The van der Waals surface area contributed by atoms with E-state index in [4.69, 9.17) is 0 Å². The standard InChI is InChI=1S/C16H22N2O/c1-11(12-6-7-12)18(2)16(19)17-15-9-8-13-4-3-5-14(13)10-15/h8-12H,3-7H2,1-2H3,(H,17,19)/t11-/m0/s1. The molecule has 0 heterocycles. The molecule has 102 valence electrons. The first-order chi connectivity index (χ1) is 9.15. The van der Waals surface area contributed by atoms with Gasteiger partial charge in [-0.05, 0) is 68.2 Å². The van der Waals surface area contributed by atoms with Gasteiger partial charge in [-0.25, -0.2) is 4.79 Å². The van der Waals surface area contributed by atoms with Crippen LogP contribution in [0.1, 0.15) is 37.3 Å². The Morgan fingerprint density at radius 2 is 2.05 bits per heavy atom. The van der Waals surface area contributed by atoms with Crippen LogP contribution in [0.25, 0.3) is 0 Å². The minimum Gasteiger partial charge on any atom is -0.325 e. The molecule has 2 aliphatic rings. The van der Waals surface area contributed by atoms with Gasteiger partial charge in [-0.15, -0.1) is 0 Å². The van der Waals surface area contributed by atoms with E-state index < -0.39 is 0 Å². The predicted molar refractivity (Wildman–Crippen MR) is 77.4 cm³/mol. The summed E-state index contributed by atoms with van der Waals surface area (Å²) >= 11 is 0. The number of hydrogen-bond acceptors (Lipinski definition) is 1. The summed E-state index contributed by atoms with van der Waals surface area (Å²) in [5, 5.41) is 3.02. The Balaban J connectivity index is 1.65. The maximum atomic E-state index is 12.2. The molecule has 1 aromatic carbocycles. The Morgan fingerprint density at radius 1 is 1.32 bits per heavy atom. The minimum absolute atomic E-state index is 0.0114. The maximum Gasteiger partial charge on any atom is 0.321 e. The van der Waals surface area contributed by atoms with Crippen LogP contribution in [0.15, 0.2) is 18.2 Å². The SMILES string of the molecule is C[C@@H](C1CC1)N(C)C(=O)Nc1ccc2c(c1)CCC2. The van der Waals surface area contributed by atoms with Gasteiger partial charge in [-0.2, -0.15) is 0 Å². The van der Waals surface area contributed by atoms with Crippen LogP contribution in [0.5, 0.6) is 0 Å². The van der Waals surface area contributed by atoms with Crippen molar-refractivity contribution >= 4 is 11.7 Å². The molecule has 1 saturated carbocycles. The van der Waals surface area contributed by atoms with Crippen molar-refractivity contribution < 1.29 is 4.79 Å². The molecule has 0 unspecified atom stereocenters. The lowest BCUT2D eigenvalue weighted by Gasteiger charge is -2.25. The van der Waals surface area contributed by atoms with E-state index >= 15 is 0 Å². The molecule has 1 aromatic rings. The number of hydrogen-bond donors (Lipinski definition) is 1. The van der Waals surface area contributed by atoms with Crippen LogP contribution in [0.2, 0.25) is 0 Å². The summed E-state index contributed by atoms with van der Waals surface area (Å²) < 4.78 is 0. The second-order valence-electron chi connectivity index (χ2n) is 5.96. The van der Waals surface area contributed by atoms with Gasteiger partial charge in [0, 0.05) is 18.8 Å². The van der Waals surface area contributed by atoms with E-state index in [9.17, 15) is 4.79 Å². The molecular formula is C16H22N2O. The van der Waals surface area contributed by atoms with Gasteiger partial charge in [-0.1, -0.05) is 6.07 Å². The van der Waals surface area contributed by atoms with Gasteiger partial charge in [0.05, 0.1) is 0 Å². The first-order valence-corrected chi connectivity index (χ1v) is 7.31. The highest BCUT2D eigenvalue weighted by molar-refractivity contribution is 5.89. The van der Waals surface area contributed by atoms with E-state index in [1.807, 2.05) is 18.0 Å². The minimum atomic E-state index is 0.0114. The second-order valence-corrected chi connectivity index (χ2v) is 5.96.